The standard InChI is InChI=1S/C22H22N6O/c1-13-7-16(8-14(2)25-13)19-10-21-27(4)22(29)18-6-5-15(17(11-23)12-24-3)9-20(18)28(21)26-19/h5-12H,23H2,1-4H3. The molecule has 3 aromatic heterocycles. The fourth-order valence-electron chi connectivity index (χ4n) is 3.62. The minimum Gasteiger partial charge on any atom is -0.404 e. The number of pyridine rings is 1. The van der Waals surface area contributed by atoms with Gasteiger partial charge in [-0.25, -0.2) is 4.52 Å². The summed E-state index contributed by atoms with van der Waals surface area (Å²) < 4.78 is 3.42. The maximum atomic E-state index is 12.9. The third-order valence-electron chi connectivity index (χ3n) is 4.95. The van der Waals surface area contributed by atoms with Crippen LogP contribution in [0.5, 0.6) is 0 Å². The summed E-state index contributed by atoms with van der Waals surface area (Å²) in [6, 6.07) is 11.5. The number of aryl methyl sites for hydroxylation is 3. The van der Waals surface area contributed by atoms with E-state index in [1.807, 2.05) is 50.2 Å². The molecule has 29 heavy (non-hydrogen) atoms. The number of allylic oxidation sites excluding steroid dienone is 1. The second-order valence-corrected chi connectivity index (χ2v) is 7.04. The first-order valence-corrected chi connectivity index (χ1v) is 9.25. The fraction of sp³-hybridized carbons (Fsp3) is 0.182. The molecule has 0 aliphatic rings. The van der Waals surface area contributed by atoms with Crippen molar-refractivity contribution in [1.82, 2.24) is 19.2 Å². The number of aliphatic imine (C=N–C) groups is 1. The van der Waals surface area contributed by atoms with E-state index >= 15 is 0 Å². The topological polar surface area (TPSA) is 90.6 Å². The Kier molecular flexibility index (Phi) is 4.50. The second kappa shape index (κ2) is 7.01. The molecule has 0 spiro atoms. The van der Waals surface area contributed by atoms with Gasteiger partial charge in [-0.15, -0.1) is 0 Å². The maximum Gasteiger partial charge on any atom is 0.261 e. The Hall–Kier alpha value is -3.74. The maximum absolute atomic E-state index is 12.9. The average molecular weight is 386 g/mol. The summed E-state index contributed by atoms with van der Waals surface area (Å²) in [5.41, 5.74) is 12.4. The molecule has 7 nitrogen and oxygen atoms in total. The highest BCUT2D eigenvalue weighted by atomic mass is 16.1. The van der Waals surface area contributed by atoms with Crippen LogP contribution in [0.4, 0.5) is 0 Å². The number of nitrogens with zero attached hydrogens (tertiary/aromatic N) is 5. The number of fused-ring (bicyclic) bond motifs is 3. The molecule has 4 rings (SSSR count). The van der Waals surface area contributed by atoms with E-state index in [9.17, 15) is 4.79 Å². The molecule has 0 amide bonds. The Bertz CT molecular complexity index is 1350. The summed E-state index contributed by atoms with van der Waals surface area (Å²) in [5.74, 6) is 0. The lowest BCUT2D eigenvalue weighted by Gasteiger charge is -2.08. The van der Waals surface area contributed by atoms with Crippen molar-refractivity contribution in [2.45, 2.75) is 13.8 Å². The Morgan fingerprint density at radius 2 is 1.86 bits per heavy atom. The van der Waals surface area contributed by atoms with E-state index in [2.05, 4.69) is 9.98 Å². The van der Waals surface area contributed by atoms with Gasteiger partial charge in [0.2, 0.25) is 0 Å². The van der Waals surface area contributed by atoms with E-state index in [1.165, 1.54) is 6.20 Å². The Labute approximate surface area is 167 Å². The highest BCUT2D eigenvalue weighted by Crippen LogP contribution is 2.24. The van der Waals surface area contributed by atoms with Crippen molar-refractivity contribution >= 4 is 28.3 Å². The Balaban J connectivity index is 2.05. The van der Waals surface area contributed by atoms with Crippen LogP contribution in [0, 0.1) is 13.8 Å². The summed E-state index contributed by atoms with van der Waals surface area (Å²) in [6.45, 7) is 3.92. The monoisotopic (exact) mass is 386 g/mol. The van der Waals surface area contributed by atoms with Gasteiger partial charge in [0.05, 0.1) is 16.6 Å². The molecule has 0 aliphatic heterocycles. The summed E-state index contributed by atoms with van der Waals surface area (Å²) in [6.07, 6.45) is 3.19. The molecule has 2 N–H and O–H groups in total. The van der Waals surface area contributed by atoms with Crippen molar-refractivity contribution < 1.29 is 0 Å². The second-order valence-electron chi connectivity index (χ2n) is 7.04. The predicted molar refractivity (Wildman–Crippen MR) is 117 cm³/mol. The molecular weight excluding hydrogens is 364 g/mol. The molecule has 0 saturated heterocycles. The van der Waals surface area contributed by atoms with E-state index in [-0.39, 0.29) is 5.56 Å². The first-order valence-electron chi connectivity index (χ1n) is 9.25. The number of benzene rings is 1. The number of nitrogens with two attached hydrogens (primary N) is 1. The molecular formula is C22H22N6O. The minimum atomic E-state index is -0.0740. The molecule has 4 aromatic rings. The van der Waals surface area contributed by atoms with Crippen LogP contribution in [0.15, 0.2) is 52.4 Å². The first-order chi connectivity index (χ1) is 13.9. The third-order valence-corrected chi connectivity index (χ3v) is 4.95. The molecule has 0 fully saturated rings. The van der Waals surface area contributed by atoms with Gasteiger partial charge in [-0.3, -0.25) is 19.3 Å². The Morgan fingerprint density at radius 1 is 1.14 bits per heavy atom. The average Bonchev–Trinajstić information content (AvgIpc) is 3.15. The van der Waals surface area contributed by atoms with Gasteiger partial charge in [0.25, 0.3) is 5.56 Å². The molecule has 7 heteroatoms. The number of hydrogen-bond donors (Lipinski definition) is 1. The van der Waals surface area contributed by atoms with Gasteiger partial charge in [-0.2, -0.15) is 5.10 Å². The molecule has 0 bridgehead atoms. The zero-order valence-corrected chi connectivity index (χ0v) is 16.8. The highest BCUT2D eigenvalue weighted by molar-refractivity contribution is 6.10. The van der Waals surface area contributed by atoms with E-state index in [4.69, 9.17) is 10.8 Å². The van der Waals surface area contributed by atoms with E-state index in [0.717, 1.165) is 39.3 Å². The molecule has 3 heterocycles. The van der Waals surface area contributed by atoms with Crippen LogP contribution in [0.25, 0.3) is 33.4 Å². The van der Waals surface area contributed by atoms with Crippen LogP contribution in [0.3, 0.4) is 0 Å². The zero-order valence-electron chi connectivity index (χ0n) is 16.8. The van der Waals surface area contributed by atoms with Crippen LogP contribution in [0.1, 0.15) is 17.0 Å². The van der Waals surface area contributed by atoms with Crippen molar-refractivity contribution in [3.63, 3.8) is 0 Å². The molecule has 0 atom stereocenters. The first kappa shape index (κ1) is 18.6. The quantitative estimate of drug-likeness (QED) is 0.548. The van der Waals surface area contributed by atoms with Crippen LogP contribution < -0.4 is 11.3 Å². The molecule has 0 saturated carbocycles. The minimum absolute atomic E-state index is 0.0740. The number of hydrogen-bond acceptors (Lipinski definition) is 5. The van der Waals surface area contributed by atoms with Gasteiger partial charge in [0, 0.05) is 55.1 Å². The van der Waals surface area contributed by atoms with Crippen LogP contribution in [-0.2, 0) is 7.05 Å². The lowest BCUT2D eigenvalue weighted by Crippen LogP contribution is -2.19. The molecule has 0 unspecified atom stereocenters. The summed E-state index contributed by atoms with van der Waals surface area (Å²) in [7, 11) is 3.45. The van der Waals surface area contributed by atoms with Crippen molar-refractivity contribution in [2.24, 2.45) is 17.8 Å². The van der Waals surface area contributed by atoms with Gasteiger partial charge in [0.15, 0.2) is 0 Å². The van der Waals surface area contributed by atoms with Crippen molar-refractivity contribution in [3.8, 4) is 11.3 Å². The lowest BCUT2D eigenvalue weighted by molar-refractivity contribution is 0.850. The smallest absolute Gasteiger partial charge is 0.261 e. The summed E-state index contributed by atoms with van der Waals surface area (Å²) in [4.78, 5) is 21.4. The summed E-state index contributed by atoms with van der Waals surface area (Å²) >= 11 is 0. The number of rotatable bonds is 3. The Morgan fingerprint density at radius 3 is 2.52 bits per heavy atom. The third kappa shape index (κ3) is 3.10. The van der Waals surface area contributed by atoms with E-state index in [1.54, 1.807) is 29.4 Å². The molecule has 0 aliphatic carbocycles. The molecule has 1 aromatic carbocycles. The fourth-order valence-corrected chi connectivity index (χ4v) is 3.62. The van der Waals surface area contributed by atoms with Gasteiger partial charge in [-0.1, -0.05) is 6.07 Å². The van der Waals surface area contributed by atoms with Crippen LogP contribution in [-0.4, -0.2) is 32.4 Å². The largest absolute Gasteiger partial charge is 0.404 e. The van der Waals surface area contributed by atoms with Gasteiger partial charge < -0.3 is 5.73 Å². The van der Waals surface area contributed by atoms with Gasteiger partial charge in [-0.05, 0) is 43.7 Å². The zero-order chi connectivity index (χ0) is 20.7. The van der Waals surface area contributed by atoms with Crippen molar-refractivity contribution in [3.05, 3.63) is 69.9 Å². The highest BCUT2D eigenvalue weighted by Gasteiger charge is 2.14. The van der Waals surface area contributed by atoms with Gasteiger partial charge in [0.1, 0.15) is 5.65 Å². The van der Waals surface area contributed by atoms with Gasteiger partial charge >= 0.3 is 0 Å². The molecule has 0 radical (unpaired) electrons. The van der Waals surface area contributed by atoms with E-state index < -0.39 is 0 Å². The van der Waals surface area contributed by atoms with E-state index in [0.29, 0.717) is 11.0 Å². The van der Waals surface area contributed by atoms with Crippen LogP contribution >= 0.6 is 0 Å². The SMILES string of the molecule is CN=CC(=CN)c1ccc2c(=O)n(C)c3cc(-c4cc(C)nc(C)c4)nn3c2c1. The van der Waals surface area contributed by atoms with Crippen molar-refractivity contribution in [2.75, 3.05) is 7.05 Å². The number of aromatic nitrogens is 4. The predicted octanol–water partition coefficient (Wildman–Crippen LogP) is 2.87. The lowest BCUT2D eigenvalue weighted by atomic mass is 10.1. The normalized spacial score (nSPS) is 12.5. The molecule has 146 valence electrons. The summed E-state index contributed by atoms with van der Waals surface area (Å²) in [5, 5.41) is 5.40. The van der Waals surface area contributed by atoms with Crippen LogP contribution in [0.2, 0.25) is 0 Å². The van der Waals surface area contributed by atoms with Crippen molar-refractivity contribution in [1.29, 1.82) is 0 Å².